The average Bonchev–Trinajstić information content (AvgIpc) is 3.74. The lowest BCUT2D eigenvalue weighted by Gasteiger charge is -2.10. The highest BCUT2D eigenvalue weighted by Gasteiger charge is 2.16. The molecule has 0 amide bonds. The number of rotatable bonds is 5. The third-order valence-electron chi connectivity index (χ3n) is 9.34. The second-order valence-corrected chi connectivity index (χ2v) is 12.5. The Morgan fingerprint density at radius 2 is 0.700 bits per heavy atom. The van der Waals surface area contributed by atoms with Crippen LogP contribution in [0.1, 0.15) is 0 Å². The molecule has 10 aromatic rings. The minimum atomic E-state index is 0.613. The molecule has 10 rings (SSSR count). The Morgan fingerprint density at radius 1 is 0.260 bits per heavy atom. The third kappa shape index (κ3) is 4.83. The first kappa shape index (κ1) is 28.2. The molecule has 0 bridgehead atoms. The van der Waals surface area contributed by atoms with Gasteiger partial charge in [0.2, 0.25) is 0 Å². The van der Waals surface area contributed by atoms with E-state index in [1.54, 1.807) is 0 Å². The summed E-state index contributed by atoms with van der Waals surface area (Å²) in [6, 6.07) is 55.8. The first-order chi connectivity index (χ1) is 24.7. The normalized spacial score (nSPS) is 11.6. The molecule has 0 spiro atoms. The van der Waals surface area contributed by atoms with Gasteiger partial charge in [0.15, 0.2) is 17.5 Å². The topological polar surface area (TPSA) is 65.0 Å². The summed E-state index contributed by atoms with van der Waals surface area (Å²) >= 11 is 0. The van der Waals surface area contributed by atoms with Gasteiger partial charge in [0.05, 0.1) is 0 Å². The van der Waals surface area contributed by atoms with Crippen LogP contribution in [0.3, 0.4) is 0 Å². The van der Waals surface area contributed by atoms with Crippen LogP contribution in [0.2, 0.25) is 0 Å². The molecule has 0 atom stereocenters. The van der Waals surface area contributed by atoms with Crippen LogP contribution >= 0.6 is 0 Å². The Morgan fingerprint density at radius 3 is 1.42 bits per heavy atom. The summed E-state index contributed by atoms with van der Waals surface area (Å²) in [5, 5.41) is 4.23. The van der Waals surface area contributed by atoms with E-state index in [-0.39, 0.29) is 0 Å². The van der Waals surface area contributed by atoms with Crippen LogP contribution in [-0.2, 0) is 0 Å². The maximum absolute atomic E-state index is 6.45. The van der Waals surface area contributed by atoms with E-state index >= 15 is 0 Å². The average molecular weight is 642 g/mol. The second kappa shape index (κ2) is 11.4. The zero-order valence-corrected chi connectivity index (χ0v) is 26.7. The number of furan rings is 2. The minimum Gasteiger partial charge on any atom is -0.456 e. The fraction of sp³-hybridized carbons (Fsp3) is 0. The monoisotopic (exact) mass is 641 g/mol. The molecule has 7 aromatic carbocycles. The van der Waals surface area contributed by atoms with Gasteiger partial charge >= 0.3 is 0 Å². The smallest absolute Gasteiger partial charge is 0.164 e. The fourth-order valence-electron chi connectivity index (χ4n) is 6.80. The summed E-state index contributed by atoms with van der Waals surface area (Å²) in [4.78, 5) is 14.9. The van der Waals surface area contributed by atoms with Crippen molar-refractivity contribution in [3.63, 3.8) is 0 Å². The van der Waals surface area contributed by atoms with E-state index in [0.29, 0.717) is 17.5 Å². The molecule has 0 unspecified atom stereocenters. The number of benzene rings is 7. The molecule has 5 nitrogen and oxygen atoms in total. The van der Waals surface area contributed by atoms with Crippen molar-refractivity contribution in [2.75, 3.05) is 0 Å². The van der Waals surface area contributed by atoms with E-state index in [9.17, 15) is 0 Å². The number of nitrogens with zero attached hydrogens (tertiary/aromatic N) is 3. The lowest BCUT2D eigenvalue weighted by molar-refractivity contribution is 0.664. The predicted molar refractivity (Wildman–Crippen MR) is 202 cm³/mol. The number of fused-ring (bicyclic) bond motifs is 6. The van der Waals surface area contributed by atoms with Crippen LogP contribution in [0.5, 0.6) is 0 Å². The van der Waals surface area contributed by atoms with E-state index in [4.69, 9.17) is 23.8 Å². The summed E-state index contributed by atoms with van der Waals surface area (Å²) in [6.45, 7) is 0. The first-order valence-corrected chi connectivity index (χ1v) is 16.6. The van der Waals surface area contributed by atoms with Crippen molar-refractivity contribution in [1.29, 1.82) is 0 Å². The lowest BCUT2D eigenvalue weighted by atomic mass is 10.0. The van der Waals surface area contributed by atoms with Crippen molar-refractivity contribution in [2.24, 2.45) is 0 Å². The maximum Gasteiger partial charge on any atom is 0.164 e. The zero-order chi connectivity index (χ0) is 33.0. The van der Waals surface area contributed by atoms with E-state index in [1.807, 2.05) is 60.7 Å². The lowest BCUT2D eigenvalue weighted by Crippen LogP contribution is -2.00. The number of para-hydroxylation sites is 1. The van der Waals surface area contributed by atoms with Crippen molar-refractivity contribution >= 4 is 43.9 Å². The molecule has 0 saturated heterocycles. The second-order valence-electron chi connectivity index (χ2n) is 12.5. The summed E-state index contributed by atoms with van der Waals surface area (Å²) in [5.74, 6) is 1.87. The molecule has 234 valence electrons. The van der Waals surface area contributed by atoms with E-state index < -0.39 is 0 Å². The summed E-state index contributed by atoms with van der Waals surface area (Å²) in [7, 11) is 0. The predicted octanol–water partition coefficient (Wildman–Crippen LogP) is 12.0. The largest absolute Gasteiger partial charge is 0.456 e. The van der Waals surface area contributed by atoms with Crippen molar-refractivity contribution < 1.29 is 8.83 Å². The van der Waals surface area contributed by atoms with Gasteiger partial charge in [0.25, 0.3) is 0 Å². The van der Waals surface area contributed by atoms with Crippen molar-refractivity contribution in [2.45, 2.75) is 0 Å². The Labute approximate surface area is 287 Å². The van der Waals surface area contributed by atoms with Crippen LogP contribution in [0.15, 0.2) is 173 Å². The van der Waals surface area contributed by atoms with Gasteiger partial charge in [-0.15, -0.1) is 0 Å². The quantitative estimate of drug-likeness (QED) is 0.187. The highest BCUT2D eigenvalue weighted by molar-refractivity contribution is 6.15. The highest BCUT2D eigenvalue weighted by atomic mass is 16.3. The molecule has 0 aliphatic heterocycles. The van der Waals surface area contributed by atoms with Crippen LogP contribution in [0.25, 0.3) is 100 Å². The SMILES string of the molecule is c1ccc(-c2ccc(-c3nc(-c4ccccc4)nc(-c4cccc(-c5ccc6c(c5)oc5cc7c(cc56)oc5ccccc57)c4)n3)cc2)cc1. The molecule has 0 radical (unpaired) electrons. The number of hydrogen-bond donors (Lipinski definition) is 0. The van der Waals surface area contributed by atoms with Crippen LogP contribution in [-0.4, -0.2) is 15.0 Å². The van der Waals surface area contributed by atoms with E-state index in [1.165, 1.54) is 5.56 Å². The van der Waals surface area contributed by atoms with Gasteiger partial charge in [0.1, 0.15) is 22.3 Å². The van der Waals surface area contributed by atoms with Gasteiger partial charge in [-0.1, -0.05) is 127 Å². The van der Waals surface area contributed by atoms with Crippen LogP contribution in [0.4, 0.5) is 0 Å². The van der Waals surface area contributed by atoms with Crippen LogP contribution < -0.4 is 0 Å². The molecule has 0 N–H and O–H groups in total. The number of aromatic nitrogens is 3. The molecule has 3 heterocycles. The molecule has 5 heteroatoms. The molecule has 0 aliphatic carbocycles. The Kier molecular flexibility index (Phi) is 6.42. The molecule has 0 saturated carbocycles. The van der Waals surface area contributed by atoms with E-state index in [2.05, 4.69) is 103 Å². The number of hydrogen-bond acceptors (Lipinski definition) is 5. The fourth-order valence-corrected chi connectivity index (χ4v) is 6.80. The van der Waals surface area contributed by atoms with E-state index in [0.717, 1.165) is 77.3 Å². The highest BCUT2D eigenvalue weighted by Crippen LogP contribution is 2.38. The third-order valence-corrected chi connectivity index (χ3v) is 9.34. The zero-order valence-electron chi connectivity index (χ0n) is 26.7. The van der Waals surface area contributed by atoms with Crippen molar-refractivity contribution in [3.05, 3.63) is 164 Å². The molecular formula is C45H27N3O2. The van der Waals surface area contributed by atoms with Crippen LogP contribution in [0, 0.1) is 0 Å². The van der Waals surface area contributed by atoms with Gasteiger partial charge in [0, 0.05) is 38.2 Å². The Bertz CT molecular complexity index is 2850. The molecular weight excluding hydrogens is 615 g/mol. The van der Waals surface area contributed by atoms with Gasteiger partial charge < -0.3 is 8.83 Å². The van der Waals surface area contributed by atoms with Gasteiger partial charge in [-0.3, -0.25) is 0 Å². The molecule has 50 heavy (non-hydrogen) atoms. The first-order valence-electron chi connectivity index (χ1n) is 16.6. The minimum absolute atomic E-state index is 0.613. The summed E-state index contributed by atoms with van der Waals surface area (Å²) in [6.07, 6.45) is 0. The maximum atomic E-state index is 6.45. The van der Waals surface area contributed by atoms with Gasteiger partial charge in [-0.05, 0) is 58.7 Å². The molecule has 3 aromatic heterocycles. The summed E-state index contributed by atoms with van der Waals surface area (Å²) in [5.41, 5.74) is 10.6. The Hall–Kier alpha value is -6.85. The van der Waals surface area contributed by atoms with Gasteiger partial charge in [-0.25, -0.2) is 15.0 Å². The Balaban J connectivity index is 1.05. The molecule has 0 fully saturated rings. The standard InChI is InChI=1S/C45H27N3O2/c1-3-10-28(11-4-1)29-18-20-31(21-19-29)44-46-43(30-12-5-2-6-13-30)47-45(48-44)34-15-9-14-32(24-34)33-22-23-36-38-27-41-37(26-42(38)50-40(36)25-33)35-16-7-8-17-39(35)49-41/h1-27H. The summed E-state index contributed by atoms with van der Waals surface area (Å²) < 4.78 is 12.6. The van der Waals surface area contributed by atoms with Crippen molar-refractivity contribution in [1.82, 2.24) is 15.0 Å². The van der Waals surface area contributed by atoms with Crippen molar-refractivity contribution in [3.8, 4) is 56.4 Å². The van der Waals surface area contributed by atoms with Gasteiger partial charge in [-0.2, -0.15) is 0 Å². The molecule has 0 aliphatic rings.